The molecule has 3 aromatic rings. The standard InChI is InChI=1S/C19H21F2N3O/c1-13(23(2)12-14-8-4-7-11-17(14)25-3)18-22-15-9-5-6-10-16(15)24(18)19(20)21/h4-11,13,19H,12H2,1-3H3. The molecular weight excluding hydrogens is 324 g/mol. The van der Waals surface area contributed by atoms with Gasteiger partial charge in [0.1, 0.15) is 11.6 Å². The summed E-state index contributed by atoms with van der Waals surface area (Å²) in [6.45, 7) is -0.183. The quantitative estimate of drug-likeness (QED) is 0.652. The van der Waals surface area contributed by atoms with Crippen LogP contribution in [0.4, 0.5) is 8.78 Å². The Morgan fingerprint density at radius 1 is 1.12 bits per heavy atom. The number of ether oxygens (including phenoxy) is 1. The van der Waals surface area contributed by atoms with Gasteiger partial charge in [-0.2, -0.15) is 8.78 Å². The van der Waals surface area contributed by atoms with E-state index in [1.165, 1.54) is 0 Å². The Kier molecular flexibility index (Phi) is 4.99. The van der Waals surface area contributed by atoms with Gasteiger partial charge in [-0.05, 0) is 32.2 Å². The van der Waals surface area contributed by atoms with E-state index >= 15 is 0 Å². The molecule has 1 aromatic heterocycles. The van der Waals surface area contributed by atoms with Crippen LogP contribution >= 0.6 is 0 Å². The Bertz CT molecular complexity index is 863. The van der Waals surface area contributed by atoms with E-state index in [4.69, 9.17) is 4.74 Å². The number of hydrogen-bond acceptors (Lipinski definition) is 3. The third kappa shape index (κ3) is 3.35. The van der Waals surface area contributed by atoms with Crippen LogP contribution in [-0.2, 0) is 6.54 Å². The number of rotatable bonds is 6. The van der Waals surface area contributed by atoms with Gasteiger partial charge in [0.2, 0.25) is 0 Å². The van der Waals surface area contributed by atoms with Crippen molar-refractivity contribution < 1.29 is 13.5 Å². The SMILES string of the molecule is COc1ccccc1CN(C)C(C)c1nc2ccccc2n1C(F)F. The molecule has 0 N–H and O–H groups in total. The molecule has 0 spiro atoms. The molecule has 1 unspecified atom stereocenters. The van der Waals surface area contributed by atoms with Gasteiger partial charge in [0, 0.05) is 12.1 Å². The predicted octanol–water partition coefficient (Wildman–Crippen LogP) is 4.63. The number of para-hydroxylation sites is 3. The Hall–Kier alpha value is -2.47. The Morgan fingerprint density at radius 3 is 2.52 bits per heavy atom. The van der Waals surface area contributed by atoms with Gasteiger partial charge in [-0.3, -0.25) is 9.47 Å². The lowest BCUT2D eigenvalue weighted by atomic mass is 10.1. The van der Waals surface area contributed by atoms with Crippen molar-refractivity contribution in [1.82, 2.24) is 14.5 Å². The first kappa shape index (κ1) is 17.4. The minimum Gasteiger partial charge on any atom is -0.496 e. The molecule has 0 saturated heterocycles. The van der Waals surface area contributed by atoms with Crippen molar-refractivity contribution in [3.8, 4) is 5.75 Å². The number of fused-ring (bicyclic) bond motifs is 1. The maximum absolute atomic E-state index is 13.6. The fourth-order valence-corrected chi connectivity index (χ4v) is 3.00. The summed E-state index contributed by atoms with van der Waals surface area (Å²) < 4.78 is 33.7. The van der Waals surface area contributed by atoms with Gasteiger partial charge in [0.05, 0.1) is 24.2 Å². The maximum atomic E-state index is 13.6. The van der Waals surface area contributed by atoms with Crippen LogP contribution < -0.4 is 4.74 Å². The molecule has 25 heavy (non-hydrogen) atoms. The van der Waals surface area contributed by atoms with Crippen LogP contribution in [0.3, 0.4) is 0 Å². The molecule has 2 aromatic carbocycles. The first-order valence-corrected chi connectivity index (χ1v) is 8.10. The largest absolute Gasteiger partial charge is 0.496 e. The van der Waals surface area contributed by atoms with Crippen LogP contribution in [0.25, 0.3) is 11.0 Å². The van der Waals surface area contributed by atoms with E-state index in [1.54, 1.807) is 31.4 Å². The Morgan fingerprint density at radius 2 is 1.80 bits per heavy atom. The fraction of sp³-hybridized carbons (Fsp3) is 0.316. The lowest BCUT2D eigenvalue weighted by Gasteiger charge is -2.25. The summed E-state index contributed by atoms with van der Waals surface area (Å²) in [6.07, 6.45) is 0. The highest BCUT2D eigenvalue weighted by molar-refractivity contribution is 5.76. The summed E-state index contributed by atoms with van der Waals surface area (Å²) in [4.78, 5) is 6.43. The molecule has 6 heteroatoms. The molecule has 4 nitrogen and oxygen atoms in total. The van der Waals surface area contributed by atoms with Crippen LogP contribution in [-0.4, -0.2) is 28.6 Å². The van der Waals surface area contributed by atoms with Crippen molar-refractivity contribution >= 4 is 11.0 Å². The monoisotopic (exact) mass is 345 g/mol. The van der Waals surface area contributed by atoms with E-state index in [1.807, 2.05) is 43.1 Å². The Labute approximate surface area is 145 Å². The maximum Gasteiger partial charge on any atom is 0.320 e. The molecule has 0 aliphatic rings. The zero-order valence-corrected chi connectivity index (χ0v) is 14.5. The predicted molar refractivity (Wildman–Crippen MR) is 93.9 cm³/mol. The lowest BCUT2D eigenvalue weighted by molar-refractivity contribution is 0.0657. The summed E-state index contributed by atoms with van der Waals surface area (Å²) >= 11 is 0. The number of methoxy groups -OCH3 is 1. The molecule has 0 radical (unpaired) electrons. The van der Waals surface area contributed by atoms with Crippen LogP contribution in [0.1, 0.15) is 30.9 Å². The van der Waals surface area contributed by atoms with Crippen molar-refractivity contribution in [1.29, 1.82) is 0 Å². The molecule has 0 aliphatic carbocycles. The molecule has 0 amide bonds. The molecule has 0 bridgehead atoms. The molecule has 0 aliphatic heterocycles. The van der Waals surface area contributed by atoms with Crippen molar-refractivity contribution in [3.05, 3.63) is 59.9 Å². The highest BCUT2D eigenvalue weighted by Gasteiger charge is 2.24. The third-order valence-electron chi connectivity index (χ3n) is 4.47. The number of aromatic nitrogens is 2. The van der Waals surface area contributed by atoms with Crippen molar-refractivity contribution in [2.75, 3.05) is 14.2 Å². The van der Waals surface area contributed by atoms with E-state index in [-0.39, 0.29) is 6.04 Å². The number of alkyl halides is 2. The van der Waals surface area contributed by atoms with E-state index in [2.05, 4.69) is 4.98 Å². The molecular formula is C19H21F2N3O. The second-order valence-electron chi connectivity index (χ2n) is 6.01. The molecule has 1 atom stereocenters. The number of benzene rings is 2. The second-order valence-corrected chi connectivity index (χ2v) is 6.01. The van der Waals surface area contributed by atoms with Crippen molar-refractivity contribution in [2.45, 2.75) is 26.1 Å². The molecule has 0 fully saturated rings. The van der Waals surface area contributed by atoms with Gasteiger partial charge in [0.15, 0.2) is 0 Å². The second kappa shape index (κ2) is 7.19. The fourth-order valence-electron chi connectivity index (χ4n) is 3.00. The molecule has 1 heterocycles. The van der Waals surface area contributed by atoms with Gasteiger partial charge >= 0.3 is 6.55 Å². The topological polar surface area (TPSA) is 30.3 Å². The number of nitrogens with zero attached hydrogens (tertiary/aromatic N) is 3. The van der Waals surface area contributed by atoms with Crippen LogP contribution in [0.5, 0.6) is 5.75 Å². The zero-order chi connectivity index (χ0) is 18.0. The highest BCUT2D eigenvalue weighted by Crippen LogP contribution is 2.30. The summed E-state index contributed by atoms with van der Waals surface area (Å²) in [5.74, 6) is 1.14. The van der Waals surface area contributed by atoms with Crippen molar-refractivity contribution in [3.63, 3.8) is 0 Å². The summed E-state index contributed by atoms with van der Waals surface area (Å²) in [6, 6.07) is 14.4. The summed E-state index contributed by atoms with van der Waals surface area (Å²) in [5.41, 5.74) is 2.03. The van der Waals surface area contributed by atoms with E-state index in [9.17, 15) is 8.78 Å². The normalized spacial score (nSPS) is 12.9. The van der Waals surface area contributed by atoms with E-state index < -0.39 is 6.55 Å². The number of halogens is 2. The third-order valence-corrected chi connectivity index (χ3v) is 4.47. The highest BCUT2D eigenvalue weighted by atomic mass is 19.3. The van der Waals surface area contributed by atoms with Gasteiger partial charge in [-0.1, -0.05) is 30.3 Å². The smallest absolute Gasteiger partial charge is 0.320 e. The minimum atomic E-state index is -2.63. The minimum absolute atomic E-state index is 0.286. The van der Waals surface area contributed by atoms with Gasteiger partial charge in [-0.25, -0.2) is 4.98 Å². The van der Waals surface area contributed by atoms with Crippen molar-refractivity contribution in [2.24, 2.45) is 0 Å². The van der Waals surface area contributed by atoms with Gasteiger partial charge < -0.3 is 4.74 Å². The van der Waals surface area contributed by atoms with E-state index in [0.29, 0.717) is 23.4 Å². The molecule has 132 valence electrons. The summed E-state index contributed by atoms with van der Waals surface area (Å²) in [5, 5.41) is 0. The Balaban J connectivity index is 1.93. The van der Waals surface area contributed by atoms with Gasteiger partial charge in [-0.15, -0.1) is 0 Å². The molecule has 0 saturated carbocycles. The average molecular weight is 345 g/mol. The van der Waals surface area contributed by atoms with Crippen LogP contribution in [0.15, 0.2) is 48.5 Å². The summed E-state index contributed by atoms with van der Waals surface area (Å²) in [7, 11) is 3.52. The van der Waals surface area contributed by atoms with Crippen LogP contribution in [0.2, 0.25) is 0 Å². The average Bonchev–Trinajstić information content (AvgIpc) is 3.01. The first-order valence-electron chi connectivity index (χ1n) is 8.10. The number of hydrogen-bond donors (Lipinski definition) is 0. The zero-order valence-electron chi connectivity index (χ0n) is 14.5. The van der Waals surface area contributed by atoms with E-state index in [0.717, 1.165) is 15.9 Å². The van der Waals surface area contributed by atoms with Gasteiger partial charge in [0.25, 0.3) is 0 Å². The first-order chi connectivity index (χ1) is 12.0. The lowest BCUT2D eigenvalue weighted by Crippen LogP contribution is -2.25. The van der Waals surface area contributed by atoms with Crippen LogP contribution in [0, 0.1) is 0 Å². The number of imidazole rings is 1. The molecule has 3 rings (SSSR count).